The first kappa shape index (κ1) is 17.5. The van der Waals surface area contributed by atoms with Crippen LogP contribution in [0.4, 0.5) is 0 Å². The van der Waals surface area contributed by atoms with E-state index in [1.165, 1.54) is 68.9 Å². The summed E-state index contributed by atoms with van der Waals surface area (Å²) in [4.78, 5) is 0. The van der Waals surface area contributed by atoms with Crippen LogP contribution in [0.5, 0.6) is 0 Å². The second-order valence-electron chi connectivity index (χ2n) is 8.41. The van der Waals surface area contributed by atoms with Crippen molar-refractivity contribution in [2.45, 2.75) is 77.0 Å². The quantitative estimate of drug-likeness (QED) is 0.532. The number of nitrogens with one attached hydrogen (secondary N) is 1. The van der Waals surface area contributed by atoms with Crippen molar-refractivity contribution in [1.82, 2.24) is 0 Å². The zero-order valence-corrected chi connectivity index (χ0v) is 15.3. The van der Waals surface area contributed by atoms with Crippen LogP contribution in [0.1, 0.15) is 81.8 Å². The van der Waals surface area contributed by atoms with Crippen molar-refractivity contribution in [3.8, 4) is 0 Å². The predicted octanol–water partition coefficient (Wildman–Crippen LogP) is 5.66. The van der Waals surface area contributed by atoms with Crippen LogP contribution in [0.2, 0.25) is 0 Å². The molecule has 0 aromatic heterocycles. The summed E-state index contributed by atoms with van der Waals surface area (Å²) in [7, 11) is 0. The zero-order valence-electron chi connectivity index (χ0n) is 15.3. The monoisotopic (exact) mass is 326 g/mol. The van der Waals surface area contributed by atoms with E-state index in [0.29, 0.717) is 11.8 Å². The first-order chi connectivity index (χ1) is 11.6. The molecule has 0 aliphatic heterocycles. The van der Waals surface area contributed by atoms with E-state index in [9.17, 15) is 0 Å². The molecule has 2 fully saturated rings. The lowest BCUT2D eigenvalue weighted by Crippen LogP contribution is -2.20. The van der Waals surface area contributed by atoms with E-state index in [2.05, 4.69) is 31.2 Å². The molecule has 0 spiro atoms. The van der Waals surface area contributed by atoms with Gasteiger partial charge in [0.1, 0.15) is 0 Å². The van der Waals surface area contributed by atoms with Crippen LogP contribution < -0.4 is 5.73 Å². The summed E-state index contributed by atoms with van der Waals surface area (Å²) in [5, 5.41) is 7.47. The third-order valence-corrected chi connectivity index (χ3v) is 6.59. The van der Waals surface area contributed by atoms with Crippen molar-refractivity contribution in [1.29, 1.82) is 5.41 Å². The largest absolute Gasteiger partial charge is 0.388 e. The Bertz CT molecular complexity index is 525. The Kier molecular flexibility index (Phi) is 5.97. The molecule has 3 N–H and O–H groups in total. The van der Waals surface area contributed by atoms with Gasteiger partial charge in [-0.3, -0.25) is 5.41 Å². The highest BCUT2D eigenvalue weighted by Crippen LogP contribution is 2.37. The van der Waals surface area contributed by atoms with Crippen molar-refractivity contribution >= 4 is 5.84 Å². The van der Waals surface area contributed by atoms with Gasteiger partial charge in [-0.05, 0) is 73.3 Å². The van der Waals surface area contributed by atoms with Gasteiger partial charge in [0, 0.05) is 6.42 Å². The number of rotatable bonds is 5. The molecule has 0 radical (unpaired) electrons. The summed E-state index contributed by atoms with van der Waals surface area (Å²) >= 11 is 0. The van der Waals surface area contributed by atoms with E-state index < -0.39 is 0 Å². The predicted molar refractivity (Wildman–Crippen MR) is 102 cm³/mol. The Morgan fingerprint density at radius 1 is 1.00 bits per heavy atom. The van der Waals surface area contributed by atoms with Crippen molar-refractivity contribution in [3.63, 3.8) is 0 Å². The van der Waals surface area contributed by atoms with Gasteiger partial charge >= 0.3 is 0 Å². The molecule has 0 heterocycles. The molecule has 2 nitrogen and oxygen atoms in total. The van der Waals surface area contributed by atoms with Gasteiger partial charge in [-0.25, -0.2) is 0 Å². The van der Waals surface area contributed by atoms with Gasteiger partial charge in [-0.15, -0.1) is 0 Å². The maximum absolute atomic E-state index is 7.47. The van der Waals surface area contributed by atoms with E-state index in [1.807, 2.05) is 0 Å². The molecular formula is C22H34N2. The maximum Gasteiger partial charge on any atom is 0.0908 e. The minimum Gasteiger partial charge on any atom is -0.388 e. The summed E-state index contributed by atoms with van der Waals surface area (Å²) in [6.07, 6.45) is 12.7. The minimum absolute atomic E-state index is 0.361. The third kappa shape index (κ3) is 4.62. The molecule has 1 aromatic carbocycles. The normalized spacial score (nSPS) is 30.9. The smallest absolute Gasteiger partial charge is 0.0908 e. The lowest BCUT2D eigenvalue weighted by atomic mass is 9.76. The van der Waals surface area contributed by atoms with Crippen LogP contribution in [0.25, 0.3) is 0 Å². The van der Waals surface area contributed by atoms with Gasteiger partial charge in [0.2, 0.25) is 0 Å². The van der Waals surface area contributed by atoms with Crippen molar-refractivity contribution in [3.05, 3.63) is 35.4 Å². The topological polar surface area (TPSA) is 49.9 Å². The van der Waals surface area contributed by atoms with E-state index >= 15 is 0 Å². The summed E-state index contributed by atoms with van der Waals surface area (Å²) in [5.74, 6) is 3.52. The van der Waals surface area contributed by atoms with E-state index in [0.717, 1.165) is 24.2 Å². The van der Waals surface area contributed by atoms with Crippen molar-refractivity contribution in [2.75, 3.05) is 0 Å². The van der Waals surface area contributed by atoms with Gasteiger partial charge in [0.15, 0.2) is 0 Å². The Labute approximate surface area is 147 Å². The molecule has 2 heteroatoms. The van der Waals surface area contributed by atoms with Crippen molar-refractivity contribution < 1.29 is 0 Å². The fourth-order valence-electron chi connectivity index (χ4n) is 4.94. The first-order valence-corrected chi connectivity index (χ1v) is 10.0. The number of nitrogens with two attached hydrogens (primary N) is 1. The highest BCUT2D eigenvalue weighted by Gasteiger charge is 2.24. The summed E-state index contributed by atoms with van der Waals surface area (Å²) in [6.45, 7) is 2.44. The molecule has 0 bridgehead atoms. The van der Waals surface area contributed by atoms with Crippen LogP contribution in [0.3, 0.4) is 0 Å². The van der Waals surface area contributed by atoms with E-state index in [-0.39, 0.29) is 0 Å². The molecule has 3 rings (SSSR count). The maximum atomic E-state index is 7.47. The molecular weight excluding hydrogens is 292 g/mol. The van der Waals surface area contributed by atoms with Gasteiger partial charge in [0.25, 0.3) is 0 Å². The number of hydrogen-bond acceptors (Lipinski definition) is 1. The highest BCUT2D eigenvalue weighted by atomic mass is 14.7. The first-order valence-electron chi connectivity index (χ1n) is 10.0. The molecule has 132 valence electrons. The van der Waals surface area contributed by atoms with Gasteiger partial charge in [-0.1, -0.05) is 50.5 Å². The minimum atomic E-state index is 0.361. The summed E-state index contributed by atoms with van der Waals surface area (Å²) in [5.41, 5.74) is 8.61. The number of benzene rings is 1. The third-order valence-electron chi connectivity index (χ3n) is 6.59. The standard InChI is InChI=1S/C22H34N2/c1-16-4-2-3-5-21(16)14-17-6-10-19(11-7-17)20-12-8-18(9-13-20)15-22(23)24/h6-7,10-11,16,18,20-21H,2-5,8-9,12-15H2,1H3,(H3,23,24). The second-order valence-corrected chi connectivity index (χ2v) is 8.41. The fraction of sp³-hybridized carbons (Fsp3) is 0.682. The Morgan fingerprint density at radius 3 is 2.29 bits per heavy atom. The molecule has 2 unspecified atom stereocenters. The molecule has 0 saturated heterocycles. The molecule has 2 atom stereocenters. The zero-order chi connectivity index (χ0) is 16.9. The average Bonchev–Trinajstić information content (AvgIpc) is 2.58. The van der Waals surface area contributed by atoms with Gasteiger partial charge in [-0.2, -0.15) is 0 Å². The van der Waals surface area contributed by atoms with Gasteiger partial charge < -0.3 is 5.73 Å². The van der Waals surface area contributed by atoms with Crippen LogP contribution in [-0.2, 0) is 6.42 Å². The fourth-order valence-corrected chi connectivity index (χ4v) is 4.94. The second kappa shape index (κ2) is 8.18. The Balaban J connectivity index is 1.52. The van der Waals surface area contributed by atoms with Crippen LogP contribution in [0.15, 0.2) is 24.3 Å². The Hall–Kier alpha value is -1.31. The summed E-state index contributed by atoms with van der Waals surface area (Å²) in [6, 6.07) is 9.55. The molecule has 2 saturated carbocycles. The highest BCUT2D eigenvalue weighted by molar-refractivity contribution is 5.77. The van der Waals surface area contributed by atoms with Crippen LogP contribution >= 0.6 is 0 Å². The lowest BCUT2D eigenvalue weighted by Gasteiger charge is -2.30. The number of hydrogen-bond donors (Lipinski definition) is 2. The average molecular weight is 327 g/mol. The molecule has 2 aliphatic carbocycles. The SMILES string of the molecule is CC1CCCCC1Cc1ccc(C2CCC(CC(=N)N)CC2)cc1. The van der Waals surface area contributed by atoms with E-state index in [1.54, 1.807) is 0 Å². The molecule has 0 amide bonds. The number of amidine groups is 1. The molecule has 1 aromatic rings. The van der Waals surface area contributed by atoms with Crippen molar-refractivity contribution in [2.24, 2.45) is 23.5 Å². The summed E-state index contributed by atoms with van der Waals surface area (Å²) < 4.78 is 0. The van der Waals surface area contributed by atoms with Crippen LogP contribution in [-0.4, -0.2) is 5.84 Å². The molecule has 24 heavy (non-hydrogen) atoms. The van der Waals surface area contributed by atoms with E-state index in [4.69, 9.17) is 11.1 Å². The lowest BCUT2D eigenvalue weighted by molar-refractivity contribution is 0.255. The Morgan fingerprint density at radius 2 is 1.67 bits per heavy atom. The van der Waals surface area contributed by atoms with Crippen LogP contribution in [0, 0.1) is 23.2 Å². The van der Waals surface area contributed by atoms with Gasteiger partial charge in [0.05, 0.1) is 5.84 Å². The molecule has 2 aliphatic rings.